The second kappa shape index (κ2) is 6.93. The molecule has 1 spiro atoms. The fourth-order valence-corrected chi connectivity index (χ4v) is 10.2. The summed E-state index contributed by atoms with van der Waals surface area (Å²) in [6, 6.07) is 0. The molecular weight excluding hydrogens is 388 g/mol. The highest BCUT2D eigenvalue weighted by Crippen LogP contribution is 2.71. The summed E-state index contributed by atoms with van der Waals surface area (Å²) in [6.07, 6.45) is 9.70. The fourth-order valence-electron chi connectivity index (χ4n) is 10.2. The van der Waals surface area contributed by atoms with Crippen molar-refractivity contribution in [2.24, 2.45) is 52.3 Å². The fraction of sp³-hybridized carbons (Fsp3) is 1.00. The summed E-state index contributed by atoms with van der Waals surface area (Å²) in [6.45, 7) is 10.3. The Morgan fingerprint density at radius 2 is 1.68 bits per heavy atom. The van der Waals surface area contributed by atoms with Gasteiger partial charge in [0.1, 0.15) is 0 Å². The number of hydrogen-bond acceptors (Lipinski definition) is 4. The standard InChI is InChI=1S/C27H44O4/c1-15-7-10-27(30-14-15)16(2)24-22(31-27)12-21-19-6-5-17-11-18(28)8-9-25(17,3)20(19)13-23(29)26(21,24)4/h15-24,28-29H,5-14H2,1-4H3/t15?,16?,17?,18-,19?,20?,21?,22?,23?,24?,25-,26+,27?/m0/s1. The van der Waals surface area contributed by atoms with Crippen molar-refractivity contribution in [3.63, 3.8) is 0 Å². The number of aliphatic hydroxyl groups is 2. The molecule has 4 aliphatic carbocycles. The smallest absolute Gasteiger partial charge is 0.171 e. The molecule has 2 saturated heterocycles. The average Bonchev–Trinajstić information content (AvgIpc) is 3.18. The van der Waals surface area contributed by atoms with Crippen LogP contribution < -0.4 is 0 Å². The maximum atomic E-state index is 11.8. The van der Waals surface area contributed by atoms with Crippen molar-refractivity contribution in [1.82, 2.24) is 0 Å². The van der Waals surface area contributed by atoms with E-state index in [1.807, 2.05) is 0 Å². The topological polar surface area (TPSA) is 58.9 Å². The molecule has 2 aliphatic heterocycles. The third-order valence-corrected chi connectivity index (χ3v) is 12.0. The van der Waals surface area contributed by atoms with Gasteiger partial charge < -0.3 is 19.7 Å². The SMILES string of the molecule is CC1CCC2(OC1)OC1CC3C4CCC5C[C@@H](O)CC[C@]5(C)C4CC(O)[C@]3(C)C1C2C. The first-order chi connectivity index (χ1) is 14.7. The second-order valence-corrected chi connectivity index (χ2v) is 13.2. The van der Waals surface area contributed by atoms with Crippen molar-refractivity contribution in [3.05, 3.63) is 0 Å². The van der Waals surface area contributed by atoms with E-state index in [2.05, 4.69) is 27.7 Å². The maximum Gasteiger partial charge on any atom is 0.171 e. The highest BCUT2D eigenvalue weighted by molar-refractivity contribution is 5.17. The lowest BCUT2D eigenvalue weighted by atomic mass is 9.43. The molecule has 2 heterocycles. The van der Waals surface area contributed by atoms with Crippen LogP contribution in [0.15, 0.2) is 0 Å². The Labute approximate surface area is 188 Å². The number of hydrogen-bond donors (Lipinski definition) is 2. The third-order valence-electron chi connectivity index (χ3n) is 12.0. The Morgan fingerprint density at radius 3 is 2.42 bits per heavy atom. The van der Waals surface area contributed by atoms with Gasteiger partial charge in [0, 0.05) is 23.7 Å². The van der Waals surface area contributed by atoms with E-state index in [-0.39, 0.29) is 23.7 Å². The minimum Gasteiger partial charge on any atom is -0.393 e. The number of fused-ring (bicyclic) bond motifs is 7. The molecule has 0 aromatic heterocycles. The summed E-state index contributed by atoms with van der Waals surface area (Å²) in [4.78, 5) is 0. The molecule has 13 atom stereocenters. The molecule has 4 saturated carbocycles. The first kappa shape index (κ1) is 21.4. The Bertz CT molecular complexity index is 716. The molecule has 2 N–H and O–H groups in total. The van der Waals surface area contributed by atoms with Gasteiger partial charge in [-0.25, -0.2) is 0 Å². The highest BCUT2D eigenvalue weighted by atomic mass is 16.7. The largest absolute Gasteiger partial charge is 0.393 e. The van der Waals surface area contributed by atoms with Crippen LogP contribution in [0.3, 0.4) is 0 Å². The van der Waals surface area contributed by atoms with Crippen molar-refractivity contribution in [2.45, 2.75) is 110 Å². The van der Waals surface area contributed by atoms with Crippen LogP contribution in [-0.2, 0) is 9.47 Å². The number of aliphatic hydroxyl groups excluding tert-OH is 2. The van der Waals surface area contributed by atoms with Crippen molar-refractivity contribution in [1.29, 1.82) is 0 Å². The Balaban J connectivity index is 1.29. The Hall–Kier alpha value is -0.160. The van der Waals surface area contributed by atoms with Gasteiger partial charge in [-0.2, -0.15) is 0 Å². The first-order valence-corrected chi connectivity index (χ1v) is 13.4. The van der Waals surface area contributed by atoms with Crippen LogP contribution in [0.4, 0.5) is 0 Å². The minimum absolute atomic E-state index is 0.0570. The van der Waals surface area contributed by atoms with Gasteiger partial charge in [-0.05, 0) is 86.4 Å². The van der Waals surface area contributed by atoms with Crippen molar-refractivity contribution in [3.8, 4) is 0 Å². The van der Waals surface area contributed by atoms with Crippen molar-refractivity contribution in [2.75, 3.05) is 6.61 Å². The Morgan fingerprint density at radius 1 is 0.871 bits per heavy atom. The molecule has 6 fully saturated rings. The van der Waals surface area contributed by atoms with Crippen LogP contribution >= 0.6 is 0 Å². The molecule has 6 aliphatic rings. The quantitative estimate of drug-likeness (QED) is 0.579. The molecule has 0 bridgehead atoms. The van der Waals surface area contributed by atoms with E-state index in [1.54, 1.807) is 0 Å². The summed E-state index contributed by atoms with van der Waals surface area (Å²) in [7, 11) is 0. The van der Waals surface area contributed by atoms with Gasteiger partial charge in [-0.3, -0.25) is 0 Å². The summed E-state index contributed by atoms with van der Waals surface area (Å²) in [5.74, 6) is 3.46. The zero-order chi connectivity index (χ0) is 21.8. The summed E-state index contributed by atoms with van der Waals surface area (Å²) in [5, 5.41) is 22.1. The lowest BCUT2D eigenvalue weighted by molar-refractivity contribution is -0.274. The summed E-state index contributed by atoms with van der Waals surface area (Å²) in [5.41, 5.74) is 0.233. The van der Waals surface area contributed by atoms with E-state index in [0.29, 0.717) is 46.8 Å². The van der Waals surface area contributed by atoms with Crippen LogP contribution in [0.25, 0.3) is 0 Å². The molecule has 0 radical (unpaired) electrons. The molecule has 0 amide bonds. The van der Waals surface area contributed by atoms with Gasteiger partial charge in [-0.1, -0.05) is 27.7 Å². The molecule has 10 unspecified atom stereocenters. The normalized spacial score (nSPS) is 63.3. The van der Waals surface area contributed by atoms with Gasteiger partial charge in [0.25, 0.3) is 0 Å². The monoisotopic (exact) mass is 432 g/mol. The van der Waals surface area contributed by atoms with Gasteiger partial charge in [0.15, 0.2) is 5.79 Å². The lowest BCUT2D eigenvalue weighted by Gasteiger charge is -2.62. The van der Waals surface area contributed by atoms with Gasteiger partial charge in [0.2, 0.25) is 0 Å². The van der Waals surface area contributed by atoms with E-state index in [4.69, 9.17) is 9.47 Å². The summed E-state index contributed by atoms with van der Waals surface area (Å²) < 4.78 is 13.3. The van der Waals surface area contributed by atoms with Crippen LogP contribution in [-0.4, -0.2) is 40.9 Å². The lowest BCUT2D eigenvalue weighted by Crippen LogP contribution is -2.59. The van der Waals surface area contributed by atoms with Crippen molar-refractivity contribution >= 4 is 0 Å². The third kappa shape index (κ3) is 2.74. The molecule has 4 heteroatoms. The van der Waals surface area contributed by atoms with Crippen molar-refractivity contribution < 1.29 is 19.7 Å². The molecular formula is C27H44O4. The van der Waals surface area contributed by atoms with Crippen LogP contribution in [0.1, 0.15) is 85.5 Å². The van der Waals surface area contributed by atoms with Gasteiger partial charge in [0.05, 0.1) is 24.9 Å². The predicted molar refractivity (Wildman–Crippen MR) is 119 cm³/mol. The maximum absolute atomic E-state index is 11.8. The van der Waals surface area contributed by atoms with E-state index in [1.165, 1.54) is 19.3 Å². The van der Waals surface area contributed by atoms with Gasteiger partial charge >= 0.3 is 0 Å². The second-order valence-electron chi connectivity index (χ2n) is 13.2. The predicted octanol–water partition coefficient (Wildman–Crippen LogP) is 4.76. The Kier molecular flexibility index (Phi) is 4.78. The van der Waals surface area contributed by atoms with E-state index >= 15 is 0 Å². The molecule has 31 heavy (non-hydrogen) atoms. The van der Waals surface area contributed by atoms with Crippen LogP contribution in [0.5, 0.6) is 0 Å². The molecule has 176 valence electrons. The van der Waals surface area contributed by atoms with Crippen LogP contribution in [0, 0.1) is 52.3 Å². The van der Waals surface area contributed by atoms with Crippen LogP contribution in [0.2, 0.25) is 0 Å². The van der Waals surface area contributed by atoms with E-state index < -0.39 is 5.79 Å². The summed E-state index contributed by atoms with van der Waals surface area (Å²) >= 11 is 0. The van der Waals surface area contributed by atoms with E-state index in [9.17, 15) is 10.2 Å². The zero-order valence-electron chi connectivity index (χ0n) is 20.1. The highest BCUT2D eigenvalue weighted by Gasteiger charge is 2.71. The molecule has 6 rings (SSSR count). The number of ether oxygens (including phenoxy) is 2. The average molecular weight is 433 g/mol. The van der Waals surface area contributed by atoms with Gasteiger partial charge in [-0.15, -0.1) is 0 Å². The molecule has 0 aromatic rings. The molecule has 4 nitrogen and oxygen atoms in total. The molecule has 0 aromatic carbocycles. The zero-order valence-corrected chi connectivity index (χ0v) is 20.1. The number of rotatable bonds is 0. The van der Waals surface area contributed by atoms with E-state index in [0.717, 1.165) is 45.1 Å². The minimum atomic E-state index is -0.407. The first-order valence-electron chi connectivity index (χ1n) is 13.4.